The summed E-state index contributed by atoms with van der Waals surface area (Å²) in [4.78, 5) is 2.61. The van der Waals surface area contributed by atoms with Crippen molar-refractivity contribution in [1.29, 1.82) is 0 Å². The number of aryl methyl sites for hydroxylation is 1. The molecule has 1 aromatic rings. The van der Waals surface area contributed by atoms with Crippen LogP contribution in [0.2, 0.25) is 0 Å². The minimum absolute atomic E-state index is 0.0295. The van der Waals surface area contributed by atoms with E-state index in [2.05, 4.69) is 11.8 Å². The van der Waals surface area contributed by atoms with Gasteiger partial charge in [-0.2, -0.15) is 0 Å². The number of piperidine rings is 1. The fourth-order valence-corrected chi connectivity index (χ4v) is 6.68. The Morgan fingerprint density at radius 2 is 2.08 bits per heavy atom. The number of aromatic hydroxyl groups is 1. The number of likely N-dealkylation sites (tertiary alicyclic amines) is 1. The van der Waals surface area contributed by atoms with Gasteiger partial charge < -0.3 is 14.9 Å². The lowest BCUT2D eigenvalue weighted by Gasteiger charge is -2.63. The summed E-state index contributed by atoms with van der Waals surface area (Å²) in [6.07, 6.45) is 7.34. The molecule has 0 aromatic heterocycles. The van der Waals surface area contributed by atoms with Crippen LogP contribution in [0, 0.1) is 6.92 Å². The molecule has 1 spiro atoms. The molecule has 128 valence electrons. The second kappa shape index (κ2) is 4.10. The molecular weight excluding hydrogens is 302 g/mol. The molecule has 1 saturated heterocycles. The molecule has 1 aromatic carbocycles. The van der Waals surface area contributed by atoms with Gasteiger partial charge in [0.05, 0.1) is 11.0 Å². The van der Waals surface area contributed by atoms with E-state index in [1.165, 1.54) is 24.0 Å². The van der Waals surface area contributed by atoms with Crippen molar-refractivity contribution in [3.8, 4) is 11.5 Å². The maximum atomic E-state index is 12.0. The molecule has 4 atom stereocenters. The molecule has 0 unspecified atom stereocenters. The number of rotatable bonds is 1. The van der Waals surface area contributed by atoms with Gasteiger partial charge in [0.2, 0.25) is 0 Å². The van der Waals surface area contributed by atoms with Crippen LogP contribution in [0.25, 0.3) is 0 Å². The van der Waals surface area contributed by atoms with Crippen LogP contribution < -0.4 is 4.74 Å². The minimum atomic E-state index is -0.699. The van der Waals surface area contributed by atoms with E-state index in [0.29, 0.717) is 11.8 Å². The Balaban J connectivity index is 1.65. The average molecular weight is 327 g/mol. The maximum absolute atomic E-state index is 12.0. The first kappa shape index (κ1) is 14.0. The molecule has 2 aliphatic heterocycles. The van der Waals surface area contributed by atoms with Gasteiger partial charge in [-0.15, -0.1) is 0 Å². The average Bonchev–Trinajstić information content (AvgIpc) is 3.30. The van der Waals surface area contributed by atoms with Gasteiger partial charge in [-0.05, 0) is 75.6 Å². The highest BCUT2D eigenvalue weighted by molar-refractivity contribution is 5.64. The summed E-state index contributed by atoms with van der Waals surface area (Å²) in [7, 11) is 0. The molecule has 2 N–H and O–H groups in total. The van der Waals surface area contributed by atoms with E-state index < -0.39 is 5.60 Å². The van der Waals surface area contributed by atoms with Gasteiger partial charge in [0.1, 0.15) is 6.10 Å². The van der Waals surface area contributed by atoms with Crippen LogP contribution in [0.1, 0.15) is 55.2 Å². The van der Waals surface area contributed by atoms with Gasteiger partial charge in [0, 0.05) is 17.6 Å². The SMILES string of the molecule is Cc1cc(O)c2c3c1C[C@H]1N(C4CC4)CC[C@@]34[C@H](CCC[C@@]14O)O2. The van der Waals surface area contributed by atoms with Crippen LogP contribution in [0.15, 0.2) is 6.07 Å². The van der Waals surface area contributed by atoms with Crippen LogP contribution in [0.4, 0.5) is 0 Å². The van der Waals surface area contributed by atoms with Crippen molar-refractivity contribution in [2.75, 3.05) is 6.54 Å². The van der Waals surface area contributed by atoms with Crippen LogP contribution in [-0.2, 0) is 11.8 Å². The molecule has 0 radical (unpaired) electrons. The Bertz CT molecular complexity index is 758. The largest absolute Gasteiger partial charge is 0.504 e. The van der Waals surface area contributed by atoms with Crippen LogP contribution in [-0.4, -0.2) is 45.4 Å². The van der Waals surface area contributed by atoms with Gasteiger partial charge in [-0.25, -0.2) is 0 Å². The Morgan fingerprint density at radius 1 is 1.25 bits per heavy atom. The van der Waals surface area contributed by atoms with Gasteiger partial charge in [-0.3, -0.25) is 4.90 Å². The fraction of sp³-hybridized carbons (Fsp3) is 0.700. The molecule has 2 bridgehead atoms. The normalized spacial score (nSPS) is 42.6. The highest BCUT2D eigenvalue weighted by atomic mass is 16.5. The predicted molar refractivity (Wildman–Crippen MR) is 89.6 cm³/mol. The van der Waals surface area contributed by atoms with E-state index in [1.807, 2.05) is 6.07 Å². The molecule has 4 nitrogen and oxygen atoms in total. The van der Waals surface area contributed by atoms with Crippen molar-refractivity contribution in [2.45, 2.75) is 81.1 Å². The fourth-order valence-electron chi connectivity index (χ4n) is 6.68. The first-order valence-corrected chi connectivity index (χ1v) is 9.57. The lowest BCUT2D eigenvalue weighted by Crippen LogP contribution is -2.75. The van der Waals surface area contributed by atoms with E-state index in [0.717, 1.165) is 44.2 Å². The van der Waals surface area contributed by atoms with Crippen molar-refractivity contribution in [2.24, 2.45) is 0 Å². The number of aliphatic hydroxyl groups is 1. The van der Waals surface area contributed by atoms with Gasteiger partial charge in [0.25, 0.3) is 0 Å². The molecule has 6 rings (SSSR count). The molecule has 0 amide bonds. The smallest absolute Gasteiger partial charge is 0.165 e. The van der Waals surface area contributed by atoms with E-state index in [1.54, 1.807) is 0 Å². The molecule has 3 fully saturated rings. The van der Waals surface area contributed by atoms with Crippen LogP contribution >= 0.6 is 0 Å². The first-order valence-electron chi connectivity index (χ1n) is 9.57. The van der Waals surface area contributed by atoms with Crippen molar-refractivity contribution < 1.29 is 14.9 Å². The standard InChI is InChI=1S/C20H25NO3/c1-11-9-14(22)18-17-13(11)10-15-20(23)6-2-3-16(24-18)19(17,20)7-8-21(15)12-4-5-12/h9,12,15-16,22-23H,2-8,10H2,1H3/t15-,16+,19-,20-/m1/s1. The Labute approximate surface area is 142 Å². The Hall–Kier alpha value is -1.26. The second-order valence-electron chi connectivity index (χ2n) is 8.73. The molecular formula is C20H25NO3. The third kappa shape index (κ3) is 1.34. The van der Waals surface area contributed by atoms with E-state index in [-0.39, 0.29) is 23.3 Å². The highest BCUT2D eigenvalue weighted by Crippen LogP contribution is 2.66. The maximum Gasteiger partial charge on any atom is 0.165 e. The number of nitrogens with zero attached hydrogens (tertiary/aromatic N) is 1. The molecule has 2 saturated carbocycles. The third-order valence-corrected chi connectivity index (χ3v) is 7.77. The van der Waals surface area contributed by atoms with Crippen molar-refractivity contribution in [1.82, 2.24) is 4.90 Å². The number of phenolic OH excluding ortho intramolecular Hbond substituents is 1. The number of ether oxygens (including phenoxy) is 1. The quantitative estimate of drug-likeness (QED) is 0.832. The van der Waals surface area contributed by atoms with E-state index in [9.17, 15) is 10.2 Å². The number of benzene rings is 1. The number of phenols is 1. The zero-order valence-corrected chi connectivity index (χ0v) is 14.2. The number of hydrogen-bond donors (Lipinski definition) is 2. The zero-order valence-electron chi connectivity index (χ0n) is 14.2. The third-order valence-electron chi connectivity index (χ3n) is 7.77. The summed E-state index contributed by atoms with van der Waals surface area (Å²) in [6, 6.07) is 2.76. The summed E-state index contributed by atoms with van der Waals surface area (Å²) in [5, 5.41) is 22.5. The zero-order chi connectivity index (χ0) is 16.3. The Morgan fingerprint density at radius 3 is 2.88 bits per heavy atom. The summed E-state index contributed by atoms with van der Waals surface area (Å²) in [6.45, 7) is 3.16. The van der Waals surface area contributed by atoms with Crippen LogP contribution in [0.3, 0.4) is 0 Å². The monoisotopic (exact) mass is 327 g/mol. The van der Waals surface area contributed by atoms with E-state index >= 15 is 0 Å². The molecule has 2 heterocycles. The minimum Gasteiger partial charge on any atom is -0.504 e. The topological polar surface area (TPSA) is 52.9 Å². The summed E-state index contributed by atoms with van der Waals surface area (Å²) in [5.41, 5.74) is 2.67. The predicted octanol–water partition coefficient (Wildman–Crippen LogP) is 2.41. The molecule has 4 heteroatoms. The number of hydrogen-bond acceptors (Lipinski definition) is 4. The van der Waals surface area contributed by atoms with Gasteiger partial charge in [-0.1, -0.05) is 0 Å². The Kier molecular flexibility index (Phi) is 2.39. The first-order chi connectivity index (χ1) is 11.6. The lowest BCUT2D eigenvalue weighted by atomic mass is 9.49. The van der Waals surface area contributed by atoms with Gasteiger partial charge >= 0.3 is 0 Å². The van der Waals surface area contributed by atoms with Crippen molar-refractivity contribution in [3.63, 3.8) is 0 Å². The van der Waals surface area contributed by atoms with E-state index in [4.69, 9.17) is 4.74 Å². The second-order valence-corrected chi connectivity index (χ2v) is 8.73. The lowest BCUT2D eigenvalue weighted by molar-refractivity contribution is -0.186. The molecule has 3 aliphatic carbocycles. The molecule has 24 heavy (non-hydrogen) atoms. The van der Waals surface area contributed by atoms with Crippen molar-refractivity contribution in [3.05, 3.63) is 22.8 Å². The highest BCUT2D eigenvalue weighted by Gasteiger charge is 2.71. The molecule has 5 aliphatic rings. The van der Waals surface area contributed by atoms with Crippen molar-refractivity contribution >= 4 is 0 Å². The summed E-state index contributed by atoms with van der Waals surface area (Å²) >= 11 is 0. The van der Waals surface area contributed by atoms with Gasteiger partial charge in [0.15, 0.2) is 11.5 Å². The summed E-state index contributed by atoms with van der Waals surface area (Å²) < 4.78 is 6.31. The summed E-state index contributed by atoms with van der Waals surface area (Å²) in [5.74, 6) is 0.944. The van der Waals surface area contributed by atoms with Crippen LogP contribution in [0.5, 0.6) is 11.5 Å².